The number of halogens is 1. The summed E-state index contributed by atoms with van der Waals surface area (Å²) >= 11 is 0. The van der Waals surface area contributed by atoms with Crippen LogP contribution in [0.25, 0.3) is 0 Å². The molecule has 0 aromatic rings. The lowest BCUT2D eigenvalue weighted by molar-refractivity contribution is 0.336. The van der Waals surface area contributed by atoms with Crippen molar-refractivity contribution in [1.82, 2.24) is 0 Å². The lowest BCUT2D eigenvalue weighted by Crippen LogP contribution is -2.07. The van der Waals surface area contributed by atoms with Crippen molar-refractivity contribution >= 4 is 0 Å². The van der Waals surface area contributed by atoms with Gasteiger partial charge < -0.3 is 0 Å². The minimum atomic E-state index is -1.04. The van der Waals surface area contributed by atoms with Crippen LogP contribution in [0.2, 0.25) is 0 Å². The highest BCUT2D eigenvalue weighted by molar-refractivity contribution is 4.92. The molecule has 1 heteroatoms. The van der Waals surface area contributed by atoms with E-state index in [4.69, 9.17) is 6.42 Å². The van der Waals surface area contributed by atoms with Crippen LogP contribution in [0, 0.1) is 24.2 Å². The minimum Gasteiger partial charge on any atom is -0.246 e. The maximum absolute atomic E-state index is 12.7. The molecule has 0 aromatic heterocycles. The van der Waals surface area contributed by atoms with E-state index in [1.807, 2.05) is 0 Å². The third-order valence-electron chi connectivity index (χ3n) is 1.54. The Kier molecular flexibility index (Phi) is 4.97. The molecule has 0 heterocycles. The predicted molar refractivity (Wildman–Crippen MR) is 50.3 cm³/mol. The van der Waals surface area contributed by atoms with Crippen molar-refractivity contribution in [2.75, 3.05) is 0 Å². The molecular formula is C11H17F. The molecule has 0 aliphatic rings. The quantitative estimate of drug-likeness (QED) is 0.565. The minimum absolute atomic E-state index is 0.157. The molecule has 0 saturated heterocycles. The van der Waals surface area contributed by atoms with Crippen molar-refractivity contribution in [2.24, 2.45) is 5.41 Å². The van der Waals surface area contributed by atoms with Crippen LogP contribution in [-0.2, 0) is 0 Å². The third-order valence-corrected chi connectivity index (χ3v) is 1.54. The molecule has 0 rings (SSSR count). The smallest absolute Gasteiger partial charge is 0.118 e. The second-order valence-electron chi connectivity index (χ2n) is 4.14. The van der Waals surface area contributed by atoms with Gasteiger partial charge >= 0.3 is 0 Å². The first-order valence-electron chi connectivity index (χ1n) is 4.26. The van der Waals surface area contributed by atoms with Crippen LogP contribution in [0.5, 0.6) is 0 Å². The average Bonchev–Trinajstić information content (AvgIpc) is 1.84. The molecule has 0 aliphatic carbocycles. The number of rotatable bonds is 4. The average molecular weight is 168 g/mol. The molecule has 1 unspecified atom stereocenters. The molecule has 0 N–H and O–H groups in total. The Balaban J connectivity index is 3.38. The summed E-state index contributed by atoms with van der Waals surface area (Å²) in [4.78, 5) is 0. The van der Waals surface area contributed by atoms with E-state index in [-0.39, 0.29) is 11.8 Å². The normalized spacial score (nSPS) is 13.9. The van der Waals surface area contributed by atoms with Gasteiger partial charge in [-0.05, 0) is 18.3 Å². The highest BCUT2D eigenvalue weighted by Crippen LogP contribution is 2.22. The zero-order valence-corrected chi connectivity index (χ0v) is 8.15. The van der Waals surface area contributed by atoms with Crippen molar-refractivity contribution in [3.63, 3.8) is 0 Å². The number of alkyl halides is 1. The Hall–Kier alpha value is -0.510. The van der Waals surface area contributed by atoms with Crippen LogP contribution < -0.4 is 0 Å². The van der Waals surface area contributed by atoms with E-state index >= 15 is 0 Å². The van der Waals surface area contributed by atoms with Gasteiger partial charge in [-0.3, -0.25) is 0 Å². The van der Waals surface area contributed by atoms with Crippen molar-refractivity contribution in [1.29, 1.82) is 0 Å². The number of hydrogen-bond acceptors (Lipinski definition) is 0. The van der Waals surface area contributed by atoms with Gasteiger partial charge in [-0.15, -0.1) is 12.3 Å². The second-order valence-corrected chi connectivity index (χ2v) is 4.14. The van der Waals surface area contributed by atoms with Gasteiger partial charge in [-0.1, -0.05) is 20.8 Å². The van der Waals surface area contributed by atoms with Crippen LogP contribution >= 0.6 is 0 Å². The van der Waals surface area contributed by atoms with E-state index in [2.05, 4.69) is 33.1 Å². The molecule has 0 aliphatic heterocycles. The van der Waals surface area contributed by atoms with Crippen molar-refractivity contribution in [2.45, 2.75) is 46.2 Å². The molecule has 0 amide bonds. The van der Waals surface area contributed by atoms with Gasteiger partial charge in [0, 0.05) is 12.8 Å². The van der Waals surface area contributed by atoms with E-state index < -0.39 is 6.17 Å². The molecule has 0 spiro atoms. The molecule has 0 bridgehead atoms. The lowest BCUT2D eigenvalue weighted by Gasteiger charge is -2.17. The summed E-state index contributed by atoms with van der Waals surface area (Å²) in [6.45, 7) is 6.38. The van der Waals surface area contributed by atoms with E-state index in [1.54, 1.807) is 0 Å². The highest BCUT2D eigenvalue weighted by Gasteiger charge is 2.12. The molecule has 0 nitrogen and oxygen atoms in total. The number of hydrogen-bond donors (Lipinski definition) is 0. The molecule has 0 aromatic carbocycles. The summed E-state index contributed by atoms with van der Waals surface area (Å²) in [5.74, 6) is 2.28. The Morgan fingerprint density at radius 2 is 2.00 bits per heavy atom. The first kappa shape index (κ1) is 11.5. The molecule has 0 saturated carbocycles. The standard InChI is InChI=1S/C11H17F/c1-5-7-10(12)8-6-9-11(2,3)4/h1,10H,6-7,9H2,2-4H3. The largest absolute Gasteiger partial charge is 0.246 e. The fourth-order valence-electron chi connectivity index (χ4n) is 0.779. The molecule has 12 heavy (non-hydrogen) atoms. The zero-order chi connectivity index (χ0) is 9.61. The molecule has 1 atom stereocenters. The van der Waals surface area contributed by atoms with Crippen molar-refractivity contribution < 1.29 is 4.39 Å². The predicted octanol–water partition coefficient (Wildman–Crippen LogP) is 3.26. The maximum atomic E-state index is 12.7. The van der Waals surface area contributed by atoms with Gasteiger partial charge in [0.2, 0.25) is 0 Å². The van der Waals surface area contributed by atoms with Gasteiger partial charge in [0.1, 0.15) is 6.17 Å². The van der Waals surface area contributed by atoms with E-state index in [0.717, 1.165) is 6.42 Å². The first-order chi connectivity index (χ1) is 5.45. The summed E-state index contributed by atoms with van der Waals surface area (Å²) in [5, 5.41) is 0. The van der Waals surface area contributed by atoms with E-state index in [9.17, 15) is 4.39 Å². The van der Waals surface area contributed by atoms with Crippen LogP contribution in [-0.4, -0.2) is 6.17 Å². The van der Waals surface area contributed by atoms with Gasteiger partial charge in [-0.2, -0.15) is 0 Å². The summed E-state index contributed by atoms with van der Waals surface area (Å²) in [6, 6.07) is 0. The van der Waals surface area contributed by atoms with Gasteiger partial charge in [0.05, 0.1) is 0 Å². The second kappa shape index (κ2) is 5.19. The Bertz CT molecular complexity index is 147. The zero-order valence-electron chi connectivity index (χ0n) is 8.15. The number of terminal acetylenes is 1. The Morgan fingerprint density at radius 3 is 2.42 bits per heavy atom. The molecule has 0 fully saturated rings. The summed E-state index contributed by atoms with van der Waals surface area (Å²) in [6.07, 6.45) is 8.44. The summed E-state index contributed by atoms with van der Waals surface area (Å²) in [7, 11) is 0. The topological polar surface area (TPSA) is 0 Å². The van der Waals surface area contributed by atoms with Crippen LogP contribution in [0.3, 0.4) is 0 Å². The SMILES string of the molecule is C#CCC(F)[C]CCC(C)(C)C. The summed E-state index contributed by atoms with van der Waals surface area (Å²) < 4.78 is 12.7. The Labute approximate surface area is 75.6 Å². The van der Waals surface area contributed by atoms with Gasteiger partial charge in [0.25, 0.3) is 0 Å². The van der Waals surface area contributed by atoms with Crippen LogP contribution in [0.1, 0.15) is 40.0 Å². The molecule has 68 valence electrons. The Morgan fingerprint density at radius 1 is 1.42 bits per heavy atom. The lowest BCUT2D eigenvalue weighted by atomic mass is 9.89. The van der Waals surface area contributed by atoms with E-state index in [0.29, 0.717) is 6.42 Å². The van der Waals surface area contributed by atoms with Crippen LogP contribution in [0.4, 0.5) is 4.39 Å². The van der Waals surface area contributed by atoms with Crippen molar-refractivity contribution in [3.05, 3.63) is 6.42 Å². The fraction of sp³-hybridized carbons (Fsp3) is 0.727. The van der Waals surface area contributed by atoms with Crippen LogP contribution in [0.15, 0.2) is 0 Å². The van der Waals surface area contributed by atoms with Gasteiger partial charge in [0.15, 0.2) is 0 Å². The third kappa shape index (κ3) is 7.60. The fourth-order valence-corrected chi connectivity index (χ4v) is 0.779. The first-order valence-corrected chi connectivity index (χ1v) is 4.26. The highest BCUT2D eigenvalue weighted by atomic mass is 19.1. The monoisotopic (exact) mass is 168 g/mol. The maximum Gasteiger partial charge on any atom is 0.118 e. The van der Waals surface area contributed by atoms with Gasteiger partial charge in [-0.25, -0.2) is 4.39 Å². The van der Waals surface area contributed by atoms with E-state index in [1.165, 1.54) is 0 Å². The summed E-state index contributed by atoms with van der Waals surface area (Å²) in [5.41, 5.74) is 0.253. The molecular weight excluding hydrogens is 151 g/mol. The molecule has 2 radical (unpaired) electrons. The van der Waals surface area contributed by atoms with Crippen molar-refractivity contribution in [3.8, 4) is 12.3 Å².